The molecule has 0 radical (unpaired) electrons. The average molecular weight is 336 g/mol. The molecule has 0 aromatic heterocycles. The maximum atomic E-state index is 12.1. The molecule has 0 amide bonds. The van der Waals surface area contributed by atoms with Gasteiger partial charge in [-0.3, -0.25) is 9.59 Å². The fourth-order valence-electron chi connectivity index (χ4n) is 1.69. The summed E-state index contributed by atoms with van der Waals surface area (Å²) in [5.74, 6) is -1.57. The van der Waals surface area contributed by atoms with Crippen LogP contribution in [0.2, 0.25) is 0 Å². The predicted octanol–water partition coefficient (Wildman–Crippen LogP) is 2.91. The van der Waals surface area contributed by atoms with Crippen LogP contribution in [0.4, 0.5) is 0 Å². The zero-order valence-corrected chi connectivity index (χ0v) is 12.5. The lowest BCUT2D eigenvalue weighted by atomic mass is 10.1. The summed E-state index contributed by atoms with van der Waals surface area (Å²) in [6, 6.07) is 8.66. The van der Waals surface area contributed by atoms with Gasteiger partial charge in [0.2, 0.25) is 5.78 Å². The number of Topliss-reactive ketones (excluding diaryl/α,β-unsaturated/α-hetero) is 1. The molecule has 1 aromatic rings. The summed E-state index contributed by atoms with van der Waals surface area (Å²) in [5, 5.41) is -3.82. The summed E-state index contributed by atoms with van der Waals surface area (Å²) in [7, 11) is 1.13. The SMILES string of the molecule is COC(=O)C(Cl)C1(Cl)OC(c2ccccc2)=C(Cl)C1=O. The third kappa shape index (κ3) is 2.39. The smallest absolute Gasteiger partial charge is 0.329 e. The third-order valence-electron chi connectivity index (χ3n) is 2.73. The van der Waals surface area contributed by atoms with Crippen LogP contribution in [-0.2, 0) is 19.1 Å². The van der Waals surface area contributed by atoms with E-state index in [0.29, 0.717) is 5.56 Å². The lowest BCUT2D eigenvalue weighted by molar-refractivity contribution is -0.145. The van der Waals surface area contributed by atoms with E-state index in [2.05, 4.69) is 4.74 Å². The zero-order valence-electron chi connectivity index (χ0n) is 10.2. The van der Waals surface area contributed by atoms with E-state index in [1.54, 1.807) is 30.3 Å². The van der Waals surface area contributed by atoms with E-state index >= 15 is 0 Å². The highest BCUT2D eigenvalue weighted by Gasteiger charge is 2.56. The van der Waals surface area contributed by atoms with Gasteiger partial charge in [-0.25, -0.2) is 0 Å². The number of esters is 1. The molecule has 2 atom stereocenters. The Bertz CT molecular complexity index is 585. The lowest BCUT2D eigenvalue weighted by Gasteiger charge is -2.24. The molecule has 1 aliphatic rings. The Balaban J connectivity index is 2.37. The number of halogens is 3. The van der Waals surface area contributed by atoms with E-state index < -0.39 is 22.2 Å². The molecule has 0 fully saturated rings. The van der Waals surface area contributed by atoms with Crippen molar-refractivity contribution < 1.29 is 19.1 Å². The second-order valence-corrected chi connectivity index (χ2v) is 5.35. The van der Waals surface area contributed by atoms with Crippen molar-refractivity contribution in [2.75, 3.05) is 7.11 Å². The second-order valence-electron chi connectivity index (χ2n) is 3.97. The van der Waals surface area contributed by atoms with Crippen LogP contribution in [0.1, 0.15) is 5.56 Å². The molecule has 0 N–H and O–H groups in total. The molecule has 1 heterocycles. The summed E-state index contributed by atoms with van der Waals surface area (Å²) >= 11 is 17.9. The van der Waals surface area contributed by atoms with Crippen LogP contribution in [0.25, 0.3) is 5.76 Å². The van der Waals surface area contributed by atoms with Crippen molar-refractivity contribution in [2.45, 2.75) is 10.4 Å². The van der Waals surface area contributed by atoms with E-state index in [0.717, 1.165) is 7.11 Å². The molecule has 2 unspecified atom stereocenters. The number of ether oxygens (including phenoxy) is 2. The molecule has 0 spiro atoms. The van der Waals surface area contributed by atoms with Gasteiger partial charge in [-0.1, -0.05) is 53.5 Å². The normalized spacial score (nSPS) is 23.5. The quantitative estimate of drug-likeness (QED) is 0.629. The van der Waals surface area contributed by atoms with Gasteiger partial charge in [-0.2, -0.15) is 0 Å². The largest absolute Gasteiger partial charge is 0.468 e. The molecule has 0 saturated carbocycles. The lowest BCUT2D eigenvalue weighted by Crippen LogP contribution is -2.45. The summed E-state index contributed by atoms with van der Waals surface area (Å²) in [6.45, 7) is 0. The fourth-order valence-corrected chi connectivity index (χ4v) is 2.52. The molecule has 20 heavy (non-hydrogen) atoms. The Hall–Kier alpha value is -1.23. The first-order valence-corrected chi connectivity index (χ1v) is 6.71. The van der Waals surface area contributed by atoms with Crippen molar-refractivity contribution in [3.8, 4) is 0 Å². The van der Waals surface area contributed by atoms with Gasteiger partial charge < -0.3 is 9.47 Å². The summed E-state index contributed by atoms with van der Waals surface area (Å²) in [4.78, 5) is 23.6. The minimum Gasteiger partial charge on any atom is -0.468 e. The van der Waals surface area contributed by atoms with Gasteiger partial charge in [0.1, 0.15) is 5.03 Å². The monoisotopic (exact) mass is 334 g/mol. The van der Waals surface area contributed by atoms with Crippen molar-refractivity contribution in [1.29, 1.82) is 0 Å². The van der Waals surface area contributed by atoms with Crippen molar-refractivity contribution in [2.24, 2.45) is 0 Å². The maximum absolute atomic E-state index is 12.1. The first-order valence-electron chi connectivity index (χ1n) is 5.51. The van der Waals surface area contributed by atoms with E-state index in [1.807, 2.05) is 0 Å². The van der Waals surface area contributed by atoms with Gasteiger partial charge in [0, 0.05) is 5.56 Å². The number of ketones is 1. The third-order valence-corrected chi connectivity index (χ3v) is 4.14. The standard InChI is InChI=1S/C13H9Cl3O4/c1-19-12(18)10(15)13(16)11(17)8(14)9(20-13)7-5-3-2-4-6-7/h2-6,10H,1H3. The topological polar surface area (TPSA) is 52.6 Å². The van der Waals surface area contributed by atoms with Gasteiger partial charge in [0.15, 0.2) is 11.1 Å². The van der Waals surface area contributed by atoms with E-state index in [1.165, 1.54) is 0 Å². The van der Waals surface area contributed by atoms with Crippen LogP contribution in [0.15, 0.2) is 35.4 Å². The number of carbonyl (C=O) groups is 2. The molecule has 4 nitrogen and oxygen atoms in total. The van der Waals surface area contributed by atoms with Crippen LogP contribution in [-0.4, -0.2) is 29.3 Å². The molecule has 2 rings (SSSR count). The second kappa shape index (κ2) is 5.64. The van der Waals surface area contributed by atoms with Gasteiger partial charge in [0.05, 0.1) is 7.11 Å². The number of benzene rings is 1. The number of carbonyl (C=O) groups excluding carboxylic acids is 2. The number of rotatable bonds is 3. The molecule has 0 aliphatic carbocycles. The van der Waals surface area contributed by atoms with Gasteiger partial charge in [-0.05, 0) is 0 Å². The van der Waals surface area contributed by atoms with Crippen molar-refractivity contribution in [3.05, 3.63) is 40.9 Å². The highest BCUT2D eigenvalue weighted by atomic mass is 35.5. The van der Waals surface area contributed by atoms with E-state index in [9.17, 15) is 9.59 Å². The number of alkyl halides is 2. The zero-order chi connectivity index (χ0) is 14.9. The van der Waals surface area contributed by atoms with Crippen molar-refractivity contribution in [3.63, 3.8) is 0 Å². The summed E-state index contributed by atoms with van der Waals surface area (Å²) in [5.41, 5.74) is 0.558. The Labute approximate surface area is 130 Å². The van der Waals surface area contributed by atoms with E-state index in [4.69, 9.17) is 39.5 Å². The number of hydrogen-bond donors (Lipinski definition) is 0. The van der Waals surface area contributed by atoms with Gasteiger partial charge in [0.25, 0.3) is 5.06 Å². The summed E-state index contributed by atoms with van der Waals surface area (Å²) < 4.78 is 9.84. The molecular formula is C13H9Cl3O4. The van der Waals surface area contributed by atoms with Crippen molar-refractivity contribution >= 4 is 52.3 Å². The van der Waals surface area contributed by atoms with Crippen molar-refractivity contribution in [1.82, 2.24) is 0 Å². The Morgan fingerprint density at radius 2 is 1.95 bits per heavy atom. The maximum Gasteiger partial charge on any atom is 0.329 e. The van der Waals surface area contributed by atoms with Gasteiger partial charge >= 0.3 is 5.97 Å². The predicted molar refractivity (Wildman–Crippen MR) is 75.5 cm³/mol. The van der Waals surface area contributed by atoms with Crippen LogP contribution in [0.5, 0.6) is 0 Å². The molecule has 0 saturated heterocycles. The highest BCUT2D eigenvalue weighted by Crippen LogP contribution is 2.44. The summed E-state index contributed by atoms with van der Waals surface area (Å²) in [6.07, 6.45) is 0. The first kappa shape index (κ1) is 15.2. The molecular weight excluding hydrogens is 326 g/mol. The minimum absolute atomic E-state index is 0.0850. The number of methoxy groups -OCH3 is 1. The van der Waals surface area contributed by atoms with Crippen LogP contribution < -0.4 is 0 Å². The van der Waals surface area contributed by atoms with Crippen LogP contribution >= 0.6 is 34.8 Å². The Morgan fingerprint density at radius 3 is 2.50 bits per heavy atom. The average Bonchev–Trinajstić information content (AvgIpc) is 2.72. The molecule has 1 aliphatic heterocycles. The fraction of sp³-hybridized carbons (Fsp3) is 0.231. The van der Waals surface area contributed by atoms with Gasteiger partial charge in [-0.15, -0.1) is 11.6 Å². The highest BCUT2D eigenvalue weighted by molar-refractivity contribution is 6.56. The van der Waals surface area contributed by atoms with E-state index in [-0.39, 0.29) is 10.8 Å². The Kier molecular flexibility index (Phi) is 4.28. The minimum atomic E-state index is -2.10. The van der Waals surface area contributed by atoms with Crippen LogP contribution in [0, 0.1) is 0 Å². The molecule has 7 heteroatoms. The first-order chi connectivity index (χ1) is 9.41. The molecule has 0 bridgehead atoms. The van der Waals surface area contributed by atoms with Crippen LogP contribution in [0.3, 0.4) is 0 Å². The molecule has 106 valence electrons. The molecule has 1 aromatic carbocycles. The number of hydrogen-bond acceptors (Lipinski definition) is 4. The Morgan fingerprint density at radius 1 is 1.35 bits per heavy atom.